The van der Waals surface area contributed by atoms with Crippen LogP contribution in [-0.4, -0.2) is 14.5 Å². The quantitative estimate of drug-likeness (QED) is 0.208. The van der Waals surface area contributed by atoms with Gasteiger partial charge in [-0.1, -0.05) is 84.9 Å². The lowest BCUT2D eigenvalue weighted by atomic mass is 10.0. The maximum atomic E-state index is 6.89. The first-order chi connectivity index (χ1) is 21.8. The molecule has 4 heterocycles. The van der Waals surface area contributed by atoms with Crippen LogP contribution in [0.4, 0.5) is 17.1 Å². The van der Waals surface area contributed by atoms with Crippen LogP contribution in [0.3, 0.4) is 0 Å². The molecule has 2 aliphatic rings. The van der Waals surface area contributed by atoms with E-state index in [-0.39, 0.29) is 0 Å². The molecule has 0 saturated carbocycles. The van der Waals surface area contributed by atoms with Gasteiger partial charge >= 0.3 is 0 Å². The van der Waals surface area contributed by atoms with Crippen molar-refractivity contribution in [3.05, 3.63) is 133 Å². The van der Waals surface area contributed by atoms with Crippen LogP contribution in [0.5, 0.6) is 23.0 Å². The van der Waals surface area contributed by atoms with Crippen molar-refractivity contribution in [1.82, 2.24) is 14.5 Å². The summed E-state index contributed by atoms with van der Waals surface area (Å²) in [6.07, 6.45) is 0. The second kappa shape index (κ2) is 8.69. The molecule has 0 N–H and O–H groups in total. The summed E-state index contributed by atoms with van der Waals surface area (Å²) < 4.78 is 15.7. The topological polar surface area (TPSA) is 52.4 Å². The number of benzene rings is 6. The fourth-order valence-electron chi connectivity index (χ4n) is 6.67. The average molecular weight is 567 g/mol. The molecule has 6 aromatic carbocycles. The number of rotatable bonds is 2. The maximum absolute atomic E-state index is 6.89. The van der Waals surface area contributed by atoms with Gasteiger partial charge in [-0.05, 0) is 48.5 Å². The monoisotopic (exact) mass is 566 g/mol. The fraction of sp³-hybridized carbons (Fsp3) is 0. The van der Waals surface area contributed by atoms with Gasteiger partial charge in [-0.2, -0.15) is 0 Å². The van der Waals surface area contributed by atoms with Crippen LogP contribution in [0.15, 0.2) is 133 Å². The fourth-order valence-corrected chi connectivity index (χ4v) is 6.67. The van der Waals surface area contributed by atoms with Crippen LogP contribution in [0, 0.1) is 0 Å². The molecule has 0 fully saturated rings. The third kappa shape index (κ3) is 3.14. The Morgan fingerprint density at radius 3 is 2.00 bits per heavy atom. The molecule has 6 nitrogen and oxygen atoms in total. The van der Waals surface area contributed by atoms with E-state index in [1.165, 1.54) is 0 Å². The molecule has 0 aliphatic carbocycles. The van der Waals surface area contributed by atoms with Crippen LogP contribution in [-0.2, 0) is 0 Å². The second-order valence-corrected chi connectivity index (χ2v) is 11.0. The lowest BCUT2D eigenvalue weighted by molar-refractivity contribution is 0.449. The van der Waals surface area contributed by atoms with Gasteiger partial charge in [0.05, 0.1) is 22.4 Å². The highest BCUT2D eigenvalue weighted by Gasteiger charge is 2.37. The molecule has 2 aliphatic heterocycles. The van der Waals surface area contributed by atoms with Crippen molar-refractivity contribution in [2.75, 3.05) is 4.90 Å². The summed E-state index contributed by atoms with van der Waals surface area (Å²) in [5.41, 5.74) is 6.60. The highest BCUT2D eigenvalue weighted by Crippen LogP contribution is 2.62. The molecule has 0 saturated heterocycles. The molecule has 2 aromatic heterocycles. The normalized spacial score (nSPS) is 12.9. The first-order valence-corrected chi connectivity index (χ1v) is 14.6. The minimum absolute atomic E-state index is 0.669. The molecule has 0 spiro atoms. The maximum Gasteiger partial charge on any atom is 0.180 e. The summed E-state index contributed by atoms with van der Waals surface area (Å²) in [5.74, 6) is 4.53. The van der Waals surface area contributed by atoms with Gasteiger partial charge < -0.3 is 9.47 Å². The summed E-state index contributed by atoms with van der Waals surface area (Å²) in [5, 5.41) is 3.06. The van der Waals surface area contributed by atoms with Crippen LogP contribution >= 0.6 is 0 Å². The van der Waals surface area contributed by atoms with Gasteiger partial charge in [-0.3, -0.25) is 9.47 Å². The largest absolute Gasteiger partial charge is 0.453 e. The van der Waals surface area contributed by atoms with E-state index in [1.807, 2.05) is 84.9 Å². The lowest BCUT2D eigenvalue weighted by Crippen LogP contribution is -2.20. The first-order valence-electron chi connectivity index (χ1n) is 14.6. The number of ether oxygens (including phenoxy) is 2. The average Bonchev–Trinajstić information content (AvgIpc) is 3.42. The molecular formula is C38H22N4O2. The van der Waals surface area contributed by atoms with Gasteiger partial charge in [-0.25, -0.2) is 9.97 Å². The zero-order chi connectivity index (χ0) is 28.8. The van der Waals surface area contributed by atoms with E-state index in [2.05, 4.69) is 58.0 Å². The zero-order valence-corrected chi connectivity index (χ0v) is 23.3. The Labute approximate surface area is 252 Å². The highest BCUT2D eigenvalue weighted by molar-refractivity contribution is 6.16. The molecule has 0 unspecified atom stereocenters. The molecule has 8 aromatic rings. The third-order valence-corrected chi connectivity index (χ3v) is 8.55. The van der Waals surface area contributed by atoms with E-state index in [9.17, 15) is 0 Å². The molecule has 10 rings (SSSR count). The Kier molecular flexibility index (Phi) is 4.63. The van der Waals surface area contributed by atoms with Crippen LogP contribution in [0.1, 0.15) is 0 Å². The van der Waals surface area contributed by atoms with Crippen molar-refractivity contribution in [1.29, 1.82) is 0 Å². The van der Waals surface area contributed by atoms with Gasteiger partial charge in [0, 0.05) is 21.7 Å². The Morgan fingerprint density at radius 1 is 0.523 bits per heavy atom. The molecule has 44 heavy (non-hydrogen) atoms. The van der Waals surface area contributed by atoms with E-state index in [4.69, 9.17) is 19.4 Å². The van der Waals surface area contributed by atoms with Crippen molar-refractivity contribution in [2.45, 2.75) is 0 Å². The molecule has 6 heteroatoms. The third-order valence-electron chi connectivity index (χ3n) is 8.55. The summed E-state index contributed by atoms with van der Waals surface area (Å²) in [6.45, 7) is 0. The summed E-state index contributed by atoms with van der Waals surface area (Å²) in [4.78, 5) is 12.5. The number of nitrogens with zero attached hydrogens (tertiary/aromatic N) is 4. The smallest absolute Gasteiger partial charge is 0.180 e. The van der Waals surface area contributed by atoms with Crippen molar-refractivity contribution in [3.63, 3.8) is 0 Å². The van der Waals surface area contributed by atoms with Crippen LogP contribution in [0.25, 0.3) is 49.9 Å². The van der Waals surface area contributed by atoms with Gasteiger partial charge in [-0.15, -0.1) is 0 Å². The molecule has 206 valence electrons. The van der Waals surface area contributed by atoms with Gasteiger partial charge in [0.1, 0.15) is 17.0 Å². The number of hydrogen-bond acceptors (Lipinski definition) is 5. The van der Waals surface area contributed by atoms with E-state index < -0.39 is 0 Å². The number of aromatic nitrogens is 3. The van der Waals surface area contributed by atoms with Crippen LogP contribution < -0.4 is 14.4 Å². The van der Waals surface area contributed by atoms with E-state index in [1.54, 1.807) is 0 Å². The van der Waals surface area contributed by atoms with Crippen LogP contribution in [0.2, 0.25) is 0 Å². The Morgan fingerprint density at radius 2 is 1.18 bits per heavy atom. The van der Waals surface area contributed by atoms with Crippen molar-refractivity contribution in [2.24, 2.45) is 0 Å². The number of hydrogen-bond donors (Lipinski definition) is 0. The molecular weight excluding hydrogens is 544 g/mol. The predicted octanol–water partition coefficient (Wildman–Crippen LogP) is 10.1. The Balaban J connectivity index is 1.37. The zero-order valence-electron chi connectivity index (χ0n) is 23.3. The van der Waals surface area contributed by atoms with Crippen molar-refractivity contribution < 1.29 is 9.47 Å². The number of fused-ring (bicyclic) bond motifs is 9. The summed E-state index contributed by atoms with van der Waals surface area (Å²) in [6, 6.07) is 45.2. The molecule has 0 atom stereocenters. The predicted molar refractivity (Wildman–Crippen MR) is 174 cm³/mol. The number of anilines is 3. The summed E-state index contributed by atoms with van der Waals surface area (Å²) in [7, 11) is 0. The second-order valence-electron chi connectivity index (χ2n) is 11.0. The number of para-hydroxylation sites is 6. The van der Waals surface area contributed by atoms with Gasteiger partial charge in [0.15, 0.2) is 28.8 Å². The molecule has 0 radical (unpaired) electrons. The van der Waals surface area contributed by atoms with Crippen molar-refractivity contribution >= 4 is 49.8 Å². The molecule has 0 bridgehead atoms. The first kappa shape index (κ1) is 23.4. The Bertz CT molecular complexity index is 2460. The van der Waals surface area contributed by atoms with Gasteiger partial charge in [0.25, 0.3) is 0 Å². The standard InChI is InChI=1S/C38H22N4O2/c1-2-12-23(13-3-1)37-39-27-16-6-4-15-25(27)38(40-37)42-28-17-7-5-14-24(28)26-22-33-35-36(34(26)42)44-32-21-11-9-19-30(32)41(35)29-18-8-10-20-31(29)43-33/h1-22H. The van der Waals surface area contributed by atoms with Crippen molar-refractivity contribution in [3.8, 4) is 40.2 Å². The minimum atomic E-state index is 0.669. The van der Waals surface area contributed by atoms with Gasteiger partial charge in [0.2, 0.25) is 0 Å². The highest BCUT2D eigenvalue weighted by atomic mass is 16.5. The molecule has 0 amide bonds. The minimum Gasteiger partial charge on any atom is -0.453 e. The summed E-state index contributed by atoms with van der Waals surface area (Å²) >= 11 is 0. The Hall–Kier alpha value is -6.14. The van der Waals surface area contributed by atoms with E-state index >= 15 is 0 Å². The lowest BCUT2D eigenvalue weighted by Gasteiger charge is -2.38. The SMILES string of the molecule is c1ccc(-c2nc(-n3c4ccccc4c4cc5c6c(c43)Oc3ccccc3N6c3ccccc3O5)c3ccccc3n2)cc1. The van der Waals surface area contributed by atoms with E-state index in [0.717, 1.165) is 84.2 Å². The van der Waals surface area contributed by atoms with E-state index in [0.29, 0.717) is 5.82 Å².